The highest BCUT2D eigenvalue weighted by atomic mass is 127. The van der Waals surface area contributed by atoms with Gasteiger partial charge < -0.3 is 9.84 Å². The first-order chi connectivity index (χ1) is 7.86. The number of carboxylic acids is 1. The molecule has 1 N–H and O–H groups in total. The molecule has 0 atom stereocenters. The minimum atomic E-state index is -0.762. The molecule has 94 valence electrons. The Labute approximate surface area is 115 Å². The van der Waals surface area contributed by atoms with E-state index >= 15 is 0 Å². The number of methoxy groups -OCH3 is 1. The van der Waals surface area contributed by atoms with Gasteiger partial charge in [0.25, 0.3) is 0 Å². The van der Waals surface area contributed by atoms with Crippen LogP contribution in [0.4, 0.5) is 0 Å². The largest absolute Gasteiger partial charge is 0.496 e. The molecular weight excluding hydrogens is 331 g/mol. The SMILES string of the molecule is COc1ccc(I)cc1CCC(C)(C)C(=O)O. The van der Waals surface area contributed by atoms with E-state index in [0.29, 0.717) is 12.8 Å². The molecule has 17 heavy (non-hydrogen) atoms. The molecule has 0 aliphatic carbocycles. The van der Waals surface area contributed by atoms with Crippen molar-refractivity contribution in [1.29, 1.82) is 0 Å². The van der Waals surface area contributed by atoms with E-state index in [2.05, 4.69) is 22.6 Å². The summed E-state index contributed by atoms with van der Waals surface area (Å²) in [6, 6.07) is 5.94. The van der Waals surface area contributed by atoms with Gasteiger partial charge in [0, 0.05) is 3.57 Å². The van der Waals surface area contributed by atoms with Crippen LogP contribution in [0.3, 0.4) is 0 Å². The van der Waals surface area contributed by atoms with Crippen LogP contribution in [-0.2, 0) is 11.2 Å². The van der Waals surface area contributed by atoms with Crippen LogP contribution in [0.5, 0.6) is 5.75 Å². The number of benzene rings is 1. The second-order valence-electron chi connectivity index (χ2n) is 4.65. The summed E-state index contributed by atoms with van der Waals surface area (Å²) >= 11 is 2.24. The fourth-order valence-corrected chi connectivity index (χ4v) is 2.05. The van der Waals surface area contributed by atoms with E-state index in [-0.39, 0.29) is 0 Å². The number of carboxylic acid groups (broad SMARTS) is 1. The normalized spacial score (nSPS) is 11.3. The van der Waals surface area contributed by atoms with Gasteiger partial charge in [-0.25, -0.2) is 0 Å². The zero-order valence-corrected chi connectivity index (χ0v) is 12.4. The van der Waals surface area contributed by atoms with Gasteiger partial charge in [0.1, 0.15) is 5.75 Å². The topological polar surface area (TPSA) is 46.5 Å². The molecule has 0 saturated carbocycles. The minimum Gasteiger partial charge on any atom is -0.496 e. The van der Waals surface area contributed by atoms with Gasteiger partial charge in [-0.1, -0.05) is 0 Å². The van der Waals surface area contributed by atoms with Crippen molar-refractivity contribution in [3.8, 4) is 5.75 Å². The summed E-state index contributed by atoms with van der Waals surface area (Å²) in [5.41, 5.74) is 0.362. The predicted octanol–water partition coefficient (Wildman–Crippen LogP) is 3.34. The summed E-state index contributed by atoms with van der Waals surface area (Å²) in [7, 11) is 1.63. The van der Waals surface area contributed by atoms with Gasteiger partial charge >= 0.3 is 5.97 Å². The van der Waals surface area contributed by atoms with Gasteiger partial charge in [0.05, 0.1) is 12.5 Å². The Hall–Kier alpha value is -0.780. The number of hydrogen-bond donors (Lipinski definition) is 1. The van der Waals surface area contributed by atoms with Crippen LogP contribution < -0.4 is 4.74 Å². The summed E-state index contributed by atoms with van der Waals surface area (Å²) in [5.74, 6) is 0.0636. The molecule has 1 rings (SSSR count). The van der Waals surface area contributed by atoms with Crippen molar-refractivity contribution in [3.05, 3.63) is 27.3 Å². The van der Waals surface area contributed by atoms with Crippen LogP contribution in [0.25, 0.3) is 0 Å². The number of aryl methyl sites for hydroxylation is 1. The molecule has 0 unspecified atom stereocenters. The van der Waals surface area contributed by atoms with E-state index in [0.717, 1.165) is 14.9 Å². The lowest BCUT2D eigenvalue weighted by molar-refractivity contribution is -0.147. The second-order valence-corrected chi connectivity index (χ2v) is 5.89. The lowest BCUT2D eigenvalue weighted by atomic mass is 9.86. The maximum atomic E-state index is 11.0. The summed E-state index contributed by atoms with van der Waals surface area (Å²) in [6.45, 7) is 3.49. The summed E-state index contributed by atoms with van der Waals surface area (Å²) in [6.07, 6.45) is 1.30. The fraction of sp³-hybridized carbons (Fsp3) is 0.462. The third-order valence-corrected chi connectivity index (χ3v) is 3.51. The standard InChI is InChI=1S/C13H17IO3/c1-13(2,12(15)16)7-6-9-8-10(14)4-5-11(9)17-3/h4-5,8H,6-7H2,1-3H3,(H,15,16). The van der Waals surface area contributed by atoms with E-state index in [1.807, 2.05) is 18.2 Å². The minimum absolute atomic E-state index is 0.596. The zero-order valence-electron chi connectivity index (χ0n) is 10.3. The lowest BCUT2D eigenvalue weighted by Crippen LogP contribution is -2.24. The number of rotatable bonds is 5. The summed E-state index contributed by atoms with van der Waals surface area (Å²) in [4.78, 5) is 11.0. The Balaban J connectivity index is 2.81. The molecule has 0 amide bonds. The van der Waals surface area contributed by atoms with Crippen LogP contribution in [-0.4, -0.2) is 18.2 Å². The number of halogens is 1. The van der Waals surface area contributed by atoms with Gasteiger partial charge in [-0.05, 0) is 73.0 Å². The Bertz CT molecular complexity index is 413. The van der Waals surface area contributed by atoms with E-state index in [1.165, 1.54) is 0 Å². The average molecular weight is 348 g/mol. The van der Waals surface area contributed by atoms with Crippen molar-refractivity contribution >= 4 is 28.6 Å². The van der Waals surface area contributed by atoms with Crippen molar-refractivity contribution < 1.29 is 14.6 Å². The molecule has 0 aliphatic heterocycles. The van der Waals surface area contributed by atoms with E-state index in [1.54, 1.807) is 21.0 Å². The molecule has 3 nitrogen and oxygen atoms in total. The predicted molar refractivity (Wildman–Crippen MR) is 75.4 cm³/mol. The number of carbonyl (C=O) groups is 1. The van der Waals surface area contributed by atoms with Crippen LogP contribution in [0, 0.1) is 8.99 Å². The van der Waals surface area contributed by atoms with Gasteiger partial charge in [-0.2, -0.15) is 0 Å². The van der Waals surface area contributed by atoms with Crippen molar-refractivity contribution in [3.63, 3.8) is 0 Å². The van der Waals surface area contributed by atoms with Crippen LogP contribution in [0.1, 0.15) is 25.8 Å². The third kappa shape index (κ3) is 3.87. The van der Waals surface area contributed by atoms with E-state index < -0.39 is 11.4 Å². The molecule has 0 bridgehead atoms. The highest BCUT2D eigenvalue weighted by Crippen LogP contribution is 2.28. The number of ether oxygens (including phenoxy) is 1. The van der Waals surface area contributed by atoms with Gasteiger partial charge in [-0.3, -0.25) is 4.79 Å². The monoisotopic (exact) mass is 348 g/mol. The molecule has 4 heteroatoms. The fourth-order valence-electron chi connectivity index (χ4n) is 1.50. The number of hydrogen-bond acceptors (Lipinski definition) is 2. The highest BCUT2D eigenvalue weighted by molar-refractivity contribution is 14.1. The second kappa shape index (κ2) is 5.71. The first kappa shape index (κ1) is 14.3. The van der Waals surface area contributed by atoms with Crippen molar-refractivity contribution in [2.75, 3.05) is 7.11 Å². The molecule has 1 aromatic carbocycles. The third-order valence-electron chi connectivity index (χ3n) is 2.84. The number of aliphatic carboxylic acids is 1. The lowest BCUT2D eigenvalue weighted by Gasteiger charge is -2.19. The van der Waals surface area contributed by atoms with Crippen molar-refractivity contribution in [2.45, 2.75) is 26.7 Å². The van der Waals surface area contributed by atoms with Gasteiger partial charge in [0.2, 0.25) is 0 Å². The molecule has 0 aromatic heterocycles. The molecule has 0 heterocycles. The van der Waals surface area contributed by atoms with Crippen molar-refractivity contribution in [2.24, 2.45) is 5.41 Å². The zero-order chi connectivity index (χ0) is 13.1. The van der Waals surface area contributed by atoms with Gasteiger partial charge in [-0.15, -0.1) is 0 Å². The van der Waals surface area contributed by atoms with Crippen LogP contribution in [0.2, 0.25) is 0 Å². The summed E-state index contributed by atoms with van der Waals surface area (Å²) < 4.78 is 6.41. The molecule has 0 radical (unpaired) electrons. The molecule has 0 spiro atoms. The first-order valence-corrected chi connectivity index (χ1v) is 6.50. The van der Waals surface area contributed by atoms with E-state index in [4.69, 9.17) is 9.84 Å². The molecular formula is C13H17IO3. The van der Waals surface area contributed by atoms with E-state index in [9.17, 15) is 4.79 Å². The average Bonchev–Trinajstić information content (AvgIpc) is 2.26. The maximum Gasteiger partial charge on any atom is 0.309 e. The highest BCUT2D eigenvalue weighted by Gasteiger charge is 2.26. The smallest absolute Gasteiger partial charge is 0.309 e. The molecule has 0 aliphatic rings. The first-order valence-electron chi connectivity index (χ1n) is 5.42. The Morgan fingerprint density at radius 2 is 2.12 bits per heavy atom. The molecule has 0 saturated heterocycles. The quantitative estimate of drug-likeness (QED) is 0.831. The maximum absolute atomic E-state index is 11.0. The Morgan fingerprint density at radius 3 is 2.65 bits per heavy atom. The van der Waals surface area contributed by atoms with Crippen LogP contribution >= 0.6 is 22.6 Å². The molecule has 0 fully saturated rings. The van der Waals surface area contributed by atoms with Crippen molar-refractivity contribution in [1.82, 2.24) is 0 Å². The molecule has 1 aromatic rings. The van der Waals surface area contributed by atoms with Gasteiger partial charge in [0.15, 0.2) is 0 Å². The summed E-state index contributed by atoms with van der Waals surface area (Å²) in [5, 5.41) is 9.07. The Kier molecular flexibility index (Phi) is 4.80. The van der Waals surface area contributed by atoms with Crippen LogP contribution in [0.15, 0.2) is 18.2 Å². The Morgan fingerprint density at radius 1 is 1.47 bits per heavy atom.